The van der Waals surface area contributed by atoms with Crippen molar-refractivity contribution in [3.63, 3.8) is 0 Å². The molecule has 2 aromatic rings. The van der Waals surface area contributed by atoms with Crippen LogP contribution in [-0.4, -0.2) is 27.6 Å². The maximum Gasteiger partial charge on any atom is 0.247 e. The third-order valence-electron chi connectivity index (χ3n) is 6.04. The fraction of sp³-hybridized carbons (Fsp3) is 0.370. The van der Waals surface area contributed by atoms with E-state index in [0.717, 1.165) is 23.8 Å². The van der Waals surface area contributed by atoms with E-state index in [0.29, 0.717) is 17.9 Å². The van der Waals surface area contributed by atoms with Crippen molar-refractivity contribution < 1.29 is 22.8 Å². The molecule has 1 atom stereocenters. The molecule has 1 aliphatic carbocycles. The second-order valence-electron chi connectivity index (χ2n) is 9.66. The average Bonchev–Trinajstić information content (AvgIpc) is 3.07. The van der Waals surface area contributed by atoms with Crippen molar-refractivity contribution in [2.75, 3.05) is 5.32 Å². The summed E-state index contributed by atoms with van der Waals surface area (Å²) in [5.41, 5.74) is 1.30. The maximum absolute atomic E-state index is 13.6. The van der Waals surface area contributed by atoms with Gasteiger partial charge >= 0.3 is 0 Å². The van der Waals surface area contributed by atoms with Crippen LogP contribution in [0, 0.1) is 11.6 Å². The Hall–Kier alpha value is -3.62. The second kappa shape index (κ2) is 11.0. The van der Waals surface area contributed by atoms with Gasteiger partial charge in [-0.3, -0.25) is 9.59 Å². The summed E-state index contributed by atoms with van der Waals surface area (Å²) in [6.45, 7) is 9.34. The second-order valence-corrected chi connectivity index (χ2v) is 9.66. The Bertz CT molecular complexity index is 1220. The Morgan fingerprint density at radius 1 is 1.06 bits per heavy atom. The summed E-state index contributed by atoms with van der Waals surface area (Å²) in [6.07, 6.45) is 6.66. The summed E-state index contributed by atoms with van der Waals surface area (Å²) >= 11 is 0. The zero-order valence-corrected chi connectivity index (χ0v) is 21.0. The molecule has 0 bridgehead atoms. The molecule has 2 N–H and O–H groups in total. The number of nitrogens with zero attached hydrogens (tertiary/aromatic N) is 2. The molecule has 6 nitrogen and oxygen atoms in total. The van der Waals surface area contributed by atoms with Gasteiger partial charge in [-0.05, 0) is 57.0 Å². The molecule has 0 radical (unpaired) electrons. The van der Waals surface area contributed by atoms with Crippen LogP contribution in [0.15, 0.2) is 60.0 Å². The van der Waals surface area contributed by atoms with Crippen molar-refractivity contribution in [1.29, 1.82) is 0 Å². The minimum absolute atomic E-state index is 0.0713. The largest absolute Gasteiger partial charge is 0.344 e. The van der Waals surface area contributed by atoms with E-state index in [1.54, 1.807) is 22.9 Å². The van der Waals surface area contributed by atoms with E-state index < -0.39 is 34.9 Å². The van der Waals surface area contributed by atoms with Crippen LogP contribution >= 0.6 is 0 Å². The predicted octanol–water partition coefficient (Wildman–Crippen LogP) is 5.45. The molecule has 1 heterocycles. The van der Waals surface area contributed by atoms with Crippen LogP contribution in [-0.2, 0) is 21.4 Å². The SMILES string of the molecule is CC(C)n1nc(C(C)(C)C2=CC=C(F)C=CC2)cc1NC(=O)[C@H](C)NC(=O)Cc1cc(F)cc(F)c1. The minimum atomic E-state index is -0.911. The Kier molecular flexibility index (Phi) is 8.22. The Morgan fingerprint density at radius 3 is 2.36 bits per heavy atom. The summed E-state index contributed by atoms with van der Waals surface area (Å²) in [7, 11) is 0. The van der Waals surface area contributed by atoms with Gasteiger partial charge in [0.05, 0.1) is 12.1 Å². The summed E-state index contributed by atoms with van der Waals surface area (Å²) in [5, 5.41) is 10.1. The van der Waals surface area contributed by atoms with Gasteiger partial charge in [-0.2, -0.15) is 5.10 Å². The number of anilines is 1. The number of carbonyl (C=O) groups excluding carboxylic acids is 2. The van der Waals surface area contributed by atoms with Gasteiger partial charge in [0, 0.05) is 23.6 Å². The first kappa shape index (κ1) is 27.0. The van der Waals surface area contributed by atoms with Crippen molar-refractivity contribution in [3.05, 3.63) is 82.9 Å². The lowest BCUT2D eigenvalue weighted by Crippen LogP contribution is -2.42. The van der Waals surface area contributed by atoms with Crippen LogP contribution in [0.5, 0.6) is 0 Å². The van der Waals surface area contributed by atoms with Crippen LogP contribution in [0.3, 0.4) is 0 Å². The highest BCUT2D eigenvalue weighted by Gasteiger charge is 2.30. The summed E-state index contributed by atoms with van der Waals surface area (Å²) in [6, 6.07) is 3.66. The first-order chi connectivity index (χ1) is 16.9. The van der Waals surface area contributed by atoms with Gasteiger partial charge in [0.25, 0.3) is 0 Å². The lowest BCUT2D eigenvalue weighted by Gasteiger charge is -2.25. The third-order valence-corrected chi connectivity index (χ3v) is 6.04. The molecule has 3 rings (SSSR count). The molecule has 1 aliphatic rings. The van der Waals surface area contributed by atoms with Crippen molar-refractivity contribution in [2.45, 2.75) is 65.0 Å². The van der Waals surface area contributed by atoms with Crippen LogP contribution in [0.25, 0.3) is 0 Å². The van der Waals surface area contributed by atoms with E-state index in [9.17, 15) is 22.8 Å². The average molecular weight is 501 g/mol. The molecule has 0 unspecified atom stereocenters. The molecule has 192 valence electrons. The normalized spacial score (nSPS) is 14.7. The van der Waals surface area contributed by atoms with Gasteiger partial charge in [0.2, 0.25) is 11.8 Å². The topological polar surface area (TPSA) is 76.0 Å². The minimum Gasteiger partial charge on any atom is -0.344 e. The van der Waals surface area contributed by atoms with Gasteiger partial charge in [-0.1, -0.05) is 31.6 Å². The molecule has 0 fully saturated rings. The number of halogens is 3. The molecule has 9 heteroatoms. The van der Waals surface area contributed by atoms with Crippen molar-refractivity contribution in [2.24, 2.45) is 0 Å². The molecular weight excluding hydrogens is 469 g/mol. The molecular formula is C27H31F3N4O2. The zero-order chi connectivity index (χ0) is 26.6. The number of hydrogen-bond donors (Lipinski definition) is 2. The highest BCUT2D eigenvalue weighted by Crippen LogP contribution is 2.36. The number of rotatable bonds is 8. The Labute approximate surface area is 209 Å². The van der Waals surface area contributed by atoms with Gasteiger partial charge in [0.1, 0.15) is 29.3 Å². The van der Waals surface area contributed by atoms with E-state index in [4.69, 9.17) is 5.10 Å². The van der Waals surface area contributed by atoms with Gasteiger partial charge in [-0.15, -0.1) is 0 Å². The highest BCUT2D eigenvalue weighted by atomic mass is 19.1. The van der Waals surface area contributed by atoms with Gasteiger partial charge in [0.15, 0.2) is 0 Å². The maximum atomic E-state index is 13.6. The van der Waals surface area contributed by atoms with Crippen molar-refractivity contribution in [1.82, 2.24) is 15.1 Å². The molecule has 1 aromatic heterocycles. The summed E-state index contributed by atoms with van der Waals surface area (Å²) < 4.78 is 42.1. The number of allylic oxidation sites excluding steroid dienone is 6. The lowest BCUT2D eigenvalue weighted by molar-refractivity contribution is -0.125. The van der Waals surface area contributed by atoms with E-state index in [1.165, 1.54) is 19.1 Å². The summed E-state index contributed by atoms with van der Waals surface area (Å²) in [4.78, 5) is 25.2. The third kappa shape index (κ3) is 6.53. The van der Waals surface area contributed by atoms with Gasteiger partial charge < -0.3 is 10.6 Å². The van der Waals surface area contributed by atoms with E-state index in [-0.39, 0.29) is 23.9 Å². The van der Waals surface area contributed by atoms with E-state index in [1.807, 2.05) is 27.7 Å². The quantitative estimate of drug-likeness (QED) is 0.507. The van der Waals surface area contributed by atoms with E-state index in [2.05, 4.69) is 10.6 Å². The van der Waals surface area contributed by atoms with Crippen LogP contribution in [0.2, 0.25) is 0 Å². The smallest absolute Gasteiger partial charge is 0.247 e. The first-order valence-electron chi connectivity index (χ1n) is 11.8. The van der Waals surface area contributed by atoms with Gasteiger partial charge in [-0.25, -0.2) is 17.9 Å². The van der Waals surface area contributed by atoms with Crippen LogP contribution in [0.4, 0.5) is 19.0 Å². The molecule has 2 amide bonds. The monoisotopic (exact) mass is 500 g/mol. The number of nitrogens with one attached hydrogen (secondary N) is 2. The number of hydrogen-bond acceptors (Lipinski definition) is 3. The lowest BCUT2D eigenvalue weighted by atomic mass is 9.79. The Balaban J connectivity index is 1.74. The number of carbonyl (C=O) groups is 2. The standard InChI is InChI=1S/C27H31F3N4O2/c1-16(2)34-24(15-23(33-34)27(4,5)19-7-6-8-20(28)10-9-19)32-26(36)17(3)31-25(35)13-18-11-21(29)14-22(30)12-18/h6,8-12,14-17H,7,13H2,1-5H3,(H,31,35)(H,32,36)/t17-/m0/s1. The molecule has 0 spiro atoms. The zero-order valence-electron chi connectivity index (χ0n) is 21.0. The fourth-order valence-electron chi connectivity index (χ4n) is 3.91. The van der Waals surface area contributed by atoms with Crippen molar-refractivity contribution in [3.8, 4) is 0 Å². The highest BCUT2D eigenvalue weighted by molar-refractivity contribution is 5.96. The van der Waals surface area contributed by atoms with Crippen LogP contribution in [0.1, 0.15) is 58.3 Å². The molecule has 36 heavy (non-hydrogen) atoms. The Morgan fingerprint density at radius 2 is 1.72 bits per heavy atom. The molecule has 0 saturated carbocycles. The first-order valence-corrected chi connectivity index (χ1v) is 11.8. The molecule has 1 aromatic carbocycles. The summed E-state index contributed by atoms with van der Waals surface area (Å²) in [5.74, 6) is -2.43. The fourth-order valence-corrected chi connectivity index (χ4v) is 3.91. The molecule has 0 saturated heterocycles. The van der Waals surface area contributed by atoms with E-state index >= 15 is 0 Å². The van der Waals surface area contributed by atoms with Crippen molar-refractivity contribution >= 4 is 17.6 Å². The predicted molar refractivity (Wildman–Crippen MR) is 133 cm³/mol. The van der Waals surface area contributed by atoms with Crippen LogP contribution < -0.4 is 10.6 Å². The molecule has 0 aliphatic heterocycles. The number of amides is 2. The number of aromatic nitrogens is 2. The number of benzene rings is 1.